The molecule has 0 radical (unpaired) electrons. The van der Waals surface area contributed by atoms with Crippen molar-refractivity contribution < 1.29 is 29.3 Å². The topological polar surface area (TPSA) is 125 Å². The number of esters is 1. The Hall–Kier alpha value is -3.46. The largest absolute Gasteiger partial charge is 0.507 e. The minimum atomic E-state index is -0.781. The maximum absolute atomic E-state index is 12.5. The van der Waals surface area contributed by atoms with Crippen molar-refractivity contribution in [1.82, 2.24) is 10.3 Å². The first-order valence-electron chi connectivity index (χ1n) is 9.34. The number of nitrogens with one attached hydrogen (secondary N) is 1. The smallest absolute Gasteiger partial charge is 0.344 e. The number of fused-ring (bicyclic) bond motifs is 3. The SMILES string of the molecule is O=C(OCO)c1coc2c1c(C(NCCO)c1ccncc1)c(O)c1ccccc12. The van der Waals surface area contributed by atoms with Gasteiger partial charge in [-0.25, -0.2) is 4.79 Å². The highest BCUT2D eigenvalue weighted by molar-refractivity contribution is 6.16. The standard InChI is InChI=1S/C22H20N2O6/c25-10-9-24-19(13-5-7-23-8-6-13)18-17-16(22(28)30-12-26)11-29-21(17)15-4-2-1-3-14(15)20(18)27/h1-8,11,19,24-27H,9-10,12H2. The summed E-state index contributed by atoms with van der Waals surface area (Å²) in [5.74, 6) is -0.799. The van der Waals surface area contributed by atoms with Gasteiger partial charge in [-0.1, -0.05) is 24.3 Å². The van der Waals surface area contributed by atoms with E-state index in [-0.39, 0.29) is 24.5 Å². The van der Waals surface area contributed by atoms with E-state index in [2.05, 4.69) is 10.3 Å². The number of carbonyl (C=O) groups is 1. The van der Waals surface area contributed by atoms with E-state index in [0.29, 0.717) is 27.3 Å². The number of aromatic hydroxyl groups is 1. The van der Waals surface area contributed by atoms with Gasteiger partial charge in [0, 0.05) is 40.7 Å². The number of hydrogen-bond donors (Lipinski definition) is 4. The minimum Gasteiger partial charge on any atom is -0.507 e. The molecule has 0 fully saturated rings. The quantitative estimate of drug-likeness (QED) is 0.271. The zero-order chi connectivity index (χ0) is 21.1. The number of ether oxygens (including phenoxy) is 1. The van der Waals surface area contributed by atoms with Gasteiger partial charge in [-0.3, -0.25) is 4.98 Å². The third kappa shape index (κ3) is 3.37. The number of rotatable bonds is 7. The Labute approximate surface area is 171 Å². The molecule has 0 amide bonds. The van der Waals surface area contributed by atoms with E-state index in [1.807, 2.05) is 0 Å². The molecule has 1 atom stereocenters. The monoisotopic (exact) mass is 408 g/mol. The van der Waals surface area contributed by atoms with Crippen LogP contribution in [-0.2, 0) is 4.74 Å². The molecule has 0 spiro atoms. The lowest BCUT2D eigenvalue weighted by atomic mass is 9.90. The van der Waals surface area contributed by atoms with Crippen LogP contribution in [0.1, 0.15) is 27.5 Å². The van der Waals surface area contributed by atoms with Crippen LogP contribution in [0.4, 0.5) is 0 Å². The molecule has 0 aliphatic heterocycles. The number of aliphatic hydroxyl groups is 2. The molecule has 0 saturated heterocycles. The van der Waals surface area contributed by atoms with Crippen LogP contribution in [0.15, 0.2) is 59.5 Å². The number of pyridine rings is 1. The van der Waals surface area contributed by atoms with Crippen LogP contribution < -0.4 is 5.32 Å². The van der Waals surface area contributed by atoms with Crippen molar-refractivity contribution in [3.8, 4) is 5.75 Å². The molecule has 0 aliphatic rings. The van der Waals surface area contributed by atoms with E-state index in [9.17, 15) is 15.0 Å². The lowest BCUT2D eigenvalue weighted by molar-refractivity contribution is 0.00695. The molecule has 0 bridgehead atoms. The number of furan rings is 1. The predicted molar refractivity (Wildman–Crippen MR) is 109 cm³/mol. The van der Waals surface area contributed by atoms with Crippen LogP contribution >= 0.6 is 0 Å². The van der Waals surface area contributed by atoms with Gasteiger partial charge in [-0.05, 0) is 17.7 Å². The van der Waals surface area contributed by atoms with Crippen molar-refractivity contribution in [3.05, 3.63) is 71.7 Å². The van der Waals surface area contributed by atoms with Crippen molar-refractivity contribution in [2.45, 2.75) is 6.04 Å². The van der Waals surface area contributed by atoms with Crippen LogP contribution in [-0.4, -0.2) is 46.2 Å². The highest BCUT2D eigenvalue weighted by atomic mass is 16.6. The molecule has 8 nitrogen and oxygen atoms in total. The highest BCUT2D eigenvalue weighted by Gasteiger charge is 2.29. The molecule has 4 N–H and O–H groups in total. The first kappa shape index (κ1) is 19.8. The third-order valence-electron chi connectivity index (χ3n) is 4.95. The van der Waals surface area contributed by atoms with Crippen molar-refractivity contribution >= 4 is 27.7 Å². The summed E-state index contributed by atoms with van der Waals surface area (Å²) in [5.41, 5.74) is 1.67. The fourth-order valence-electron chi connectivity index (χ4n) is 3.69. The van der Waals surface area contributed by atoms with Gasteiger partial charge in [0.25, 0.3) is 0 Å². The Bertz CT molecular complexity index is 1190. The molecule has 2 heterocycles. The second-order valence-corrected chi connectivity index (χ2v) is 6.61. The Balaban J connectivity index is 2.07. The number of carbonyl (C=O) groups excluding carboxylic acids is 1. The van der Waals surface area contributed by atoms with Crippen LogP contribution in [0.5, 0.6) is 5.75 Å². The van der Waals surface area contributed by atoms with Crippen molar-refractivity contribution in [2.24, 2.45) is 0 Å². The first-order valence-corrected chi connectivity index (χ1v) is 9.34. The number of phenols is 1. The normalized spacial score (nSPS) is 12.3. The maximum Gasteiger partial charge on any atom is 0.344 e. The second-order valence-electron chi connectivity index (χ2n) is 6.61. The summed E-state index contributed by atoms with van der Waals surface area (Å²) in [6, 6.07) is 10.1. The molecule has 30 heavy (non-hydrogen) atoms. The minimum absolute atomic E-state index is 0.0233. The van der Waals surface area contributed by atoms with Gasteiger partial charge in [0.1, 0.15) is 23.2 Å². The summed E-state index contributed by atoms with van der Waals surface area (Å²) in [6.45, 7) is -0.657. The lowest BCUT2D eigenvalue weighted by Gasteiger charge is -2.22. The van der Waals surface area contributed by atoms with Crippen LogP contribution in [0, 0.1) is 0 Å². The number of benzene rings is 2. The van der Waals surface area contributed by atoms with E-state index in [1.165, 1.54) is 6.26 Å². The number of aromatic nitrogens is 1. The average molecular weight is 408 g/mol. The molecule has 2 aromatic carbocycles. The van der Waals surface area contributed by atoms with Crippen molar-refractivity contribution in [2.75, 3.05) is 19.9 Å². The van der Waals surface area contributed by atoms with Crippen molar-refractivity contribution in [1.29, 1.82) is 0 Å². The van der Waals surface area contributed by atoms with E-state index < -0.39 is 18.8 Å². The lowest BCUT2D eigenvalue weighted by Crippen LogP contribution is -2.26. The van der Waals surface area contributed by atoms with E-state index in [4.69, 9.17) is 14.3 Å². The summed E-state index contributed by atoms with van der Waals surface area (Å²) >= 11 is 0. The molecule has 1 unspecified atom stereocenters. The summed E-state index contributed by atoms with van der Waals surface area (Å²) in [5, 5.41) is 34.5. The maximum atomic E-state index is 12.5. The molecule has 2 aromatic heterocycles. The summed E-state index contributed by atoms with van der Waals surface area (Å²) in [7, 11) is 0. The van der Waals surface area contributed by atoms with Crippen LogP contribution in [0.3, 0.4) is 0 Å². The molecular formula is C22H20N2O6. The molecular weight excluding hydrogens is 388 g/mol. The molecule has 4 rings (SSSR count). The van der Waals surface area contributed by atoms with Gasteiger partial charge in [0.05, 0.1) is 12.6 Å². The summed E-state index contributed by atoms with van der Waals surface area (Å²) in [6.07, 6.45) is 4.50. The second kappa shape index (κ2) is 8.50. The Morgan fingerprint density at radius 3 is 2.57 bits per heavy atom. The molecule has 4 aromatic rings. The van der Waals surface area contributed by atoms with Crippen LogP contribution in [0.25, 0.3) is 21.7 Å². The Kier molecular flexibility index (Phi) is 5.62. The average Bonchev–Trinajstić information content (AvgIpc) is 3.22. The number of phenolic OH excluding ortho intramolecular Hbond substituents is 1. The molecule has 154 valence electrons. The van der Waals surface area contributed by atoms with Gasteiger partial charge in [0.15, 0.2) is 6.79 Å². The van der Waals surface area contributed by atoms with Gasteiger partial charge >= 0.3 is 5.97 Å². The number of aliphatic hydroxyl groups excluding tert-OH is 2. The molecule has 8 heteroatoms. The highest BCUT2D eigenvalue weighted by Crippen LogP contribution is 2.44. The van der Waals surface area contributed by atoms with E-state index >= 15 is 0 Å². The fraction of sp³-hybridized carbons (Fsp3) is 0.182. The van der Waals surface area contributed by atoms with Gasteiger partial charge < -0.3 is 29.8 Å². The van der Waals surface area contributed by atoms with E-state index in [1.54, 1.807) is 48.8 Å². The summed E-state index contributed by atoms with van der Waals surface area (Å²) in [4.78, 5) is 16.5. The zero-order valence-electron chi connectivity index (χ0n) is 15.9. The predicted octanol–water partition coefficient (Wildman–Crippen LogP) is 2.46. The van der Waals surface area contributed by atoms with Gasteiger partial charge in [0.2, 0.25) is 0 Å². The number of hydrogen-bond acceptors (Lipinski definition) is 8. The van der Waals surface area contributed by atoms with Crippen molar-refractivity contribution in [3.63, 3.8) is 0 Å². The Morgan fingerprint density at radius 1 is 1.13 bits per heavy atom. The number of nitrogens with zero attached hydrogens (tertiary/aromatic N) is 1. The Morgan fingerprint density at radius 2 is 1.87 bits per heavy atom. The van der Waals surface area contributed by atoms with Gasteiger partial charge in [-0.2, -0.15) is 0 Å². The first-order chi connectivity index (χ1) is 14.7. The zero-order valence-corrected chi connectivity index (χ0v) is 15.9. The van der Waals surface area contributed by atoms with E-state index in [0.717, 1.165) is 5.56 Å². The molecule has 0 saturated carbocycles. The molecule has 0 aliphatic carbocycles. The van der Waals surface area contributed by atoms with Crippen LogP contribution in [0.2, 0.25) is 0 Å². The summed E-state index contributed by atoms with van der Waals surface area (Å²) < 4.78 is 10.5. The van der Waals surface area contributed by atoms with Gasteiger partial charge in [-0.15, -0.1) is 0 Å². The fourth-order valence-corrected chi connectivity index (χ4v) is 3.69. The third-order valence-corrected chi connectivity index (χ3v) is 4.95.